The molecule has 1 aromatic rings. The predicted molar refractivity (Wildman–Crippen MR) is 56.5 cm³/mol. The Bertz CT molecular complexity index is 444. The van der Waals surface area contributed by atoms with E-state index in [2.05, 4.69) is 9.72 Å². The number of nitrogens with zero attached hydrogens (tertiary/aromatic N) is 1. The minimum absolute atomic E-state index is 0.398. The Morgan fingerprint density at radius 2 is 1.78 bits per heavy atom. The van der Waals surface area contributed by atoms with E-state index in [0.29, 0.717) is 6.20 Å². The molecule has 1 rings (SSSR count). The van der Waals surface area contributed by atoms with Crippen molar-refractivity contribution in [1.82, 2.24) is 4.98 Å². The Balaban J connectivity index is 3.37. The highest BCUT2D eigenvalue weighted by molar-refractivity contribution is 14.1. The monoisotopic (exact) mass is 386 g/mol. The molecule has 18 heavy (non-hydrogen) atoms. The summed E-state index contributed by atoms with van der Waals surface area (Å²) in [5.74, 6) is -1.01. The number of hydrogen-bond donors (Lipinski definition) is 1. The molecule has 1 aromatic heterocycles. The zero-order chi connectivity index (χ0) is 14.1. The lowest BCUT2D eigenvalue weighted by molar-refractivity contribution is -0.275. The summed E-state index contributed by atoms with van der Waals surface area (Å²) in [6, 6.07) is 0. The summed E-state index contributed by atoms with van der Waals surface area (Å²) >= 11 is 1.11. The SMILES string of the molecule is NCc1ncc(C(F)(F)F)c(I)c1OC(F)(F)F. The number of pyridine rings is 1. The second kappa shape index (κ2) is 5.07. The van der Waals surface area contributed by atoms with Crippen molar-refractivity contribution in [3.63, 3.8) is 0 Å². The Hall–Kier alpha value is -0.780. The molecular formula is C8H5F6IN2O. The average Bonchev–Trinajstić information content (AvgIpc) is 2.17. The van der Waals surface area contributed by atoms with Crippen molar-refractivity contribution < 1.29 is 31.1 Å². The topological polar surface area (TPSA) is 48.1 Å². The minimum Gasteiger partial charge on any atom is -0.403 e. The average molecular weight is 386 g/mol. The molecule has 0 amide bonds. The van der Waals surface area contributed by atoms with E-state index in [9.17, 15) is 26.3 Å². The predicted octanol–water partition coefficient (Wildman–Crippen LogP) is 3.06. The van der Waals surface area contributed by atoms with E-state index in [-0.39, 0.29) is 0 Å². The molecule has 0 atom stereocenters. The van der Waals surface area contributed by atoms with Gasteiger partial charge in [0, 0.05) is 12.7 Å². The van der Waals surface area contributed by atoms with E-state index < -0.39 is 39.7 Å². The molecule has 2 N–H and O–H groups in total. The highest BCUT2D eigenvalue weighted by Gasteiger charge is 2.39. The molecule has 0 aromatic carbocycles. The van der Waals surface area contributed by atoms with Crippen LogP contribution in [-0.4, -0.2) is 11.3 Å². The van der Waals surface area contributed by atoms with E-state index in [1.165, 1.54) is 0 Å². The molecule has 0 radical (unpaired) electrons. The number of alkyl halides is 6. The van der Waals surface area contributed by atoms with Gasteiger partial charge < -0.3 is 10.5 Å². The van der Waals surface area contributed by atoms with E-state index in [1.807, 2.05) is 0 Å². The largest absolute Gasteiger partial charge is 0.573 e. The van der Waals surface area contributed by atoms with Crippen molar-refractivity contribution in [2.75, 3.05) is 0 Å². The lowest BCUT2D eigenvalue weighted by Crippen LogP contribution is -2.22. The number of halogens is 7. The normalized spacial score (nSPS) is 12.7. The summed E-state index contributed by atoms with van der Waals surface area (Å²) in [5.41, 5.74) is 3.40. The summed E-state index contributed by atoms with van der Waals surface area (Å²) < 4.78 is 76.5. The number of nitrogens with two attached hydrogens (primary N) is 1. The van der Waals surface area contributed by atoms with Gasteiger partial charge in [-0.3, -0.25) is 4.98 Å². The van der Waals surface area contributed by atoms with Crippen molar-refractivity contribution in [3.8, 4) is 5.75 Å². The van der Waals surface area contributed by atoms with Crippen LogP contribution in [0, 0.1) is 3.57 Å². The van der Waals surface area contributed by atoms with Crippen molar-refractivity contribution in [1.29, 1.82) is 0 Å². The smallest absolute Gasteiger partial charge is 0.403 e. The number of hydrogen-bond acceptors (Lipinski definition) is 3. The summed E-state index contributed by atoms with van der Waals surface area (Å²) in [4.78, 5) is 3.23. The third-order valence-corrected chi connectivity index (χ3v) is 2.83. The van der Waals surface area contributed by atoms with Crippen molar-refractivity contribution >= 4 is 22.6 Å². The molecule has 0 bridgehead atoms. The molecule has 0 saturated heterocycles. The third kappa shape index (κ3) is 3.60. The Kier molecular flexibility index (Phi) is 4.30. The van der Waals surface area contributed by atoms with Gasteiger partial charge in [-0.25, -0.2) is 0 Å². The molecule has 0 aliphatic heterocycles. The lowest BCUT2D eigenvalue weighted by Gasteiger charge is -2.16. The van der Waals surface area contributed by atoms with Gasteiger partial charge in [0.15, 0.2) is 5.75 Å². The van der Waals surface area contributed by atoms with Crippen LogP contribution in [-0.2, 0) is 12.7 Å². The van der Waals surface area contributed by atoms with Crippen LogP contribution in [0.4, 0.5) is 26.3 Å². The Morgan fingerprint density at radius 1 is 1.22 bits per heavy atom. The fraction of sp³-hybridized carbons (Fsp3) is 0.375. The van der Waals surface area contributed by atoms with Crippen LogP contribution in [0.3, 0.4) is 0 Å². The Morgan fingerprint density at radius 3 is 2.17 bits per heavy atom. The molecule has 0 spiro atoms. The molecule has 3 nitrogen and oxygen atoms in total. The molecule has 0 saturated carbocycles. The number of rotatable bonds is 2. The van der Waals surface area contributed by atoms with Gasteiger partial charge in [0.2, 0.25) is 0 Å². The first-order valence-corrected chi connectivity index (χ1v) is 5.34. The summed E-state index contributed by atoms with van der Waals surface area (Å²) in [7, 11) is 0. The van der Waals surface area contributed by atoms with Gasteiger partial charge in [-0.05, 0) is 22.6 Å². The van der Waals surface area contributed by atoms with Crippen LogP contribution in [0.1, 0.15) is 11.3 Å². The van der Waals surface area contributed by atoms with Crippen LogP contribution in [0.15, 0.2) is 6.20 Å². The van der Waals surface area contributed by atoms with Gasteiger partial charge >= 0.3 is 12.5 Å². The van der Waals surface area contributed by atoms with E-state index in [0.717, 1.165) is 22.6 Å². The van der Waals surface area contributed by atoms with Gasteiger partial charge in [0.25, 0.3) is 0 Å². The molecule has 1 heterocycles. The zero-order valence-electron chi connectivity index (χ0n) is 8.36. The van der Waals surface area contributed by atoms with Crippen molar-refractivity contribution in [2.24, 2.45) is 5.73 Å². The van der Waals surface area contributed by atoms with E-state index in [1.54, 1.807) is 0 Å². The molecular weight excluding hydrogens is 381 g/mol. The van der Waals surface area contributed by atoms with Crippen LogP contribution in [0.2, 0.25) is 0 Å². The van der Waals surface area contributed by atoms with Gasteiger partial charge in [-0.15, -0.1) is 13.2 Å². The Labute approximate surface area is 110 Å². The second-order valence-electron chi connectivity index (χ2n) is 3.01. The maximum absolute atomic E-state index is 12.5. The fourth-order valence-electron chi connectivity index (χ4n) is 1.07. The van der Waals surface area contributed by atoms with Gasteiger partial charge in [-0.2, -0.15) is 13.2 Å². The third-order valence-electron chi connectivity index (χ3n) is 1.76. The lowest BCUT2D eigenvalue weighted by atomic mass is 10.2. The first kappa shape index (κ1) is 15.3. The molecule has 10 heteroatoms. The van der Waals surface area contributed by atoms with Crippen molar-refractivity contribution in [2.45, 2.75) is 19.1 Å². The molecule has 0 aliphatic rings. The summed E-state index contributed by atoms with van der Waals surface area (Å²) in [6.45, 7) is -0.473. The number of ether oxygens (including phenoxy) is 1. The second-order valence-corrected chi connectivity index (χ2v) is 4.09. The fourth-order valence-corrected chi connectivity index (χ4v) is 1.94. The standard InChI is InChI=1S/C8H5F6IN2O/c9-7(10,11)3-2-17-4(1-16)6(5(3)15)18-8(12,13)14/h2H,1,16H2. The summed E-state index contributed by atoms with van der Waals surface area (Å²) in [6.07, 6.45) is -9.51. The van der Waals surface area contributed by atoms with E-state index >= 15 is 0 Å². The van der Waals surface area contributed by atoms with Crippen LogP contribution < -0.4 is 10.5 Å². The van der Waals surface area contributed by atoms with Crippen LogP contribution in [0.25, 0.3) is 0 Å². The molecule has 0 fully saturated rings. The van der Waals surface area contributed by atoms with Crippen molar-refractivity contribution in [3.05, 3.63) is 21.0 Å². The highest BCUT2D eigenvalue weighted by atomic mass is 127. The van der Waals surface area contributed by atoms with E-state index in [4.69, 9.17) is 5.73 Å². The molecule has 102 valence electrons. The highest BCUT2D eigenvalue weighted by Crippen LogP contribution is 2.39. The van der Waals surface area contributed by atoms with Gasteiger partial charge in [0.1, 0.15) is 0 Å². The van der Waals surface area contributed by atoms with Gasteiger partial charge in [-0.1, -0.05) is 0 Å². The maximum atomic E-state index is 12.5. The minimum atomic E-state index is -5.12. The first-order valence-electron chi connectivity index (χ1n) is 4.26. The first-order chi connectivity index (χ1) is 8.06. The van der Waals surface area contributed by atoms with Crippen LogP contribution >= 0.6 is 22.6 Å². The summed E-state index contributed by atoms with van der Waals surface area (Å²) in [5, 5.41) is 0. The maximum Gasteiger partial charge on any atom is 0.573 e. The number of aromatic nitrogens is 1. The quantitative estimate of drug-likeness (QED) is 0.628. The molecule has 0 unspecified atom stereocenters. The zero-order valence-corrected chi connectivity index (χ0v) is 10.5. The van der Waals surface area contributed by atoms with Gasteiger partial charge in [0.05, 0.1) is 14.8 Å². The van der Waals surface area contributed by atoms with Crippen LogP contribution in [0.5, 0.6) is 5.75 Å². The molecule has 0 aliphatic carbocycles.